The van der Waals surface area contributed by atoms with Crippen molar-refractivity contribution in [2.24, 2.45) is 0 Å². The van der Waals surface area contributed by atoms with Crippen molar-refractivity contribution in [1.82, 2.24) is 19.7 Å². The first kappa shape index (κ1) is 10.2. The van der Waals surface area contributed by atoms with Gasteiger partial charge in [0.2, 0.25) is 0 Å². The number of rotatable bonds is 3. The van der Waals surface area contributed by atoms with Gasteiger partial charge in [-0.2, -0.15) is 0 Å². The van der Waals surface area contributed by atoms with Crippen LogP contribution < -0.4 is 0 Å². The van der Waals surface area contributed by atoms with Crippen LogP contribution >= 0.6 is 0 Å². The van der Waals surface area contributed by atoms with E-state index >= 15 is 0 Å². The lowest BCUT2D eigenvalue weighted by molar-refractivity contribution is -0.0587. The van der Waals surface area contributed by atoms with Gasteiger partial charge in [-0.25, -0.2) is 9.78 Å². The van der Waals surface area contributed by atoms with Crippen LogP contribution in [0.2, 0.25) is 0 Å². The van der Waals surface area contributed by atoms with Gasteiger partial charge in [0.1, 0.15) is 5.52 Å². The summed E-state index contributed by atoms with van der Waals surface area (Å²) in [5.41, 5.74) is 1.03. The van der Waals surface area contributed by atoms with E-state index in [-0.39, 0.29) is 11.8 Å². The van der Waals surface area contributed by atoms with E-state index in [1.807, 2.05) is 4.57 Å². The summed E-state index contributed by atoms with van der Waals surface area (Å²) in [6, 6.07) is 1.42. The highest BCUT2D eigenvalue weighted by Gasteiger charge is 2.20. The van der Waals surface area contributed by atoms with Gasteiger partial charge in [-0.1, -0.05) is 0 Å². The molecule has 1 aliphatic heterocycles. The Labute approximate surface area is 96.0 Å². The molecule has 1 N–H and O–H groups in total. The van der Waals surface area contributed by atoms with Gasteiger partial charge in [0.25, 0.3) is 0 Å². The van der Waals surface area contributed by atoms with Crippen LogP contribution in [0.1, 0.15) is 16.9 Å². The molecule has 1 aliphatic rings. The second-order valence-electron chi connectivity index (χ2n) is 3.92. The molecule has 2 aromatic heterocycles. The molecule has 0 saturated carbocycles. The maximum Gasteiger partial charge on any atom is 0.356 e. The fourth-order valence-corrected chi connectivity index (χ4v) is 1.75. The van der Waals surface area contributed by atoms with Crippen molar-refractivity contribution in [2.75, 3.05) is 6.61 Å². The molecule has 1 saturated heterocycles. The molecule has 0 aromatic carbocycles. The van der Waals surface area contributed by atoms with Crippen LogP contribution in [0.5, 0.6) is 0 Å². The molecule has 7 heteroatoms. The number of hydrogen-bond donors (Lipinski definition) is 1. The van der Waals surface area contributed by atoms with Crippen molar-refractivity contribution in [3.05, 3.63) is 18.1 Å². The van der Waals surface area contributed by atoms with Crippen molar-refractivity contribution in [3.63, 3.8) is 0 Å². The van der Waals surface area contributed by atoms with Crippen LogP contribution in [0.25, 0.3) is 11.2 Å². The summed E-state index contributed by atoms with van der Waals surface area (Å²) in [5, 5.41) is 16.3. The fourth-order valence-electron chi connectivity index (χ4n) is 1.75. The van der Waals surface area contributed by atoms with Crippen molar-refractivity contribution >= 4 is 17.1 Å². The van der Waals surface area contributed by atoms with Gasteiger partial charge in [-0.3, -0.25) is 0 Å². The molecule has 1 atom stereocenters. The molecule has 3 heterocycles. The third-order valence-corrected chi connectivity index (χ3v) is 2.78. The van der Waals surface area contributed by atoms with Gasteiger partial charge < -0.3 is 14.4 Å². The molecule has 0 bridgehead atoms. The summed E-state index contributed by atoms with van der Waals surface area (Å²) < 4.78 is 7.16. The summed E-state index contributed by atoms with van der Waals surface area (Å²) in [6.07, 6.45) is 2.86. The van der Waals surface area contributed by atoms with E-state index in [1.54, 1.807) is 6.33 Å². The Bertz CT molecular complexity index is 576. The van der Waals surface area contributed by atoms with E-state index in [0.29, 0.717) is 17.7 Å². The number of fused-ring (bicyclic) bond motifs is 1. The topological polar surface area (TPSA) is 90.1 Å². The predicted octanol–water partition coefficient (Wildman–Crippen LogP) is 0.313. The first-order valence-corrected chi connectivity index (χ1v) is 5.27. The van der Waals surface area contributed by atoms with Gasteiger partial charge in [-0.05, 0) is 6.42 Å². The number of hydrogen-bond acceptors (Lipinski definition) is 5. The molecule has 3 rings (SSSR count). The molecule has 7 nitrogen and oxygen atoms in total. The SMILES string of the molecule is O=C(O)c1cc2ncn(CC3CCO3)c2nn1. The quantitative estimate of drug-likeness (QED) is 0.822. The highest BCUT2D eigenvalue weighted by atomic mass is 16.5. The highest BCUT2D eigenvalue weighted by Crippen LogP contribution is 2.16. The maximum atomic E-state index is 10.7. The second-order valence-corrected chi connectivity index (χ2v) is 3.92. The lowest BCUT2D eigenvalue weighted by Crippen LogP contribution is -2.31. The maximum absolute atomic E-state index is 10.7. The number of carboxylic acid groups (broad SMARTS) is 1. The zero-order chi connectivity index (χ0) is 11.8. The van der Waals surface area contributed by atoms with Crippen LogP contribution in [0, 0.1) is 0 Å². The van der Waals surface area contributed by atoms with Crippen molar-refractivity contribution in [2.45, 2.75) is 19.1 Å². The molecule has 0 aliphatic carbocycles. The number of aromatic nitrogens is 4. The van der Waals surface area contributed by atoms with E-state index in [9.17, 15) is 4.79 Å². The van der Waals surface area contributed by atoms with E-state index in [1.165, 1.54) is 6.07 Å². The zero-order valence-corrected chi connectivity index (χ0v) is 8.91. The predicted molar refractivity (Wildman–Crippen MR) is 56.6 cm³/mol. The summed E-state index contributed by atoms with van der Waals surface area (Å²) in [5.74, 6) is -1.10. The Morgan fingerprint density at radius 1 is 1.59 bits per heavy atom. The average molecular weight is 234 g/mol. The Morgan fingerprint density at radius 2 is 2.41 bits per heavy atom. The minimum Gasteiger partial charge on any atom is -0.476 e. The molecule has 0 radical (unpaired) electrons. The van der Waals surface area contributed by atoms with Crippen molar-refractivity contribution < 1.29 is 14.6 Å². The van der Waals surface area contributed by atoms with Crippen molar-refractivity contribution in [1.29, 1.82) is 0 Å². The lowest BCUT2D eigenvalue weighted by atomic mass is 10.2. The standard InChI is InChI=1S/C10H10N4O3/c15-10(16)8-3-7-9(13-12-8)14(5-11-7)4-6-1-2-17-6/h3,5-6H,1-2,4H2,(H,15,16). The molecule has 0 spiro atoms. The Balaban J connectivity index is 1.95. The first-order valence-electron chi connectivity index (χ1n) is 5.27. The van der Waals surface area contributed by atoms with E-state index in [4.69, 9.17) is 9.84 Å². The summed E-state index contributed by atoms with van der Waals surface area (Å²) in [6.45, 7) is 1.48. The highest BCUT2D eigenvalue weighted by molar-refractivity contribution is 5.88. The number of carboxylic acids is 1. The second kappa shape index (κ2) is 3.77. The molecule has 1 unspecified atom stereocenters. The van der Waals surface area contributed by atoms with Gasteiger partial charge in [0.05, 0.1) is 19.0 Å². The molecule has 2 aromatic rings. The average Bonchev–Trinajstić information content (AvgIpc) is 2.65. The molecular weight excluding hydrogens is 224 g/mol. The number of carbonyl (C=O) groups is 1. The molecule has 88 valence electrons. The van der Waals surface area contributed by atoms with Crippen LogP contribution in [-0.2, 0) is 11.3 Å². The molecule has 17 heavy (non-hydrogen) atoms. The van der Waals surface area contributed by atoms with Gasteiger partial charge in [0.15, 0.2) is 11.3 Å². The van der Waals surface area contributed by atoms with Crippen LogP contribution in [0.4, 0.5) is 0 Å². The van der Waals surface area contributed by atoms with E-state index < -0.39 is 5.97 Å². The minimum absolute atomic E-state index is 0.0948. The minimum atomic E-state index is -1.10. The normalized spacial score (nSPS) is 19.2. The van der Waals surface area contributed by atoms with Crippen LogP contribution in [-0.4, -0.2) is 43.5 Å². The Hall–Kier alpha value is -2.02. The van der Waals surface area contributed by atoms with Gasteiger partial charge in [0, 0.05) is 12.7 Å². The van der Waals surface area contributed by atoms with Gasteiger partial charge in [-0.15, -0.1) is 10.2 Å². The van der Waals surface area contributed by atoms with Crippen LogP contribution in [0.3, 0.4) is 0 Å². The number of aromatic carboxylic acids is 1. The summed E-state index contributed by atoms with van der Waals surface area (Å²) in [4.78, 5) is 14.8. The molecule has 1 fully saturated rings. The fraction of sp³-hybridized carbons (Fsp3) is 0.400. The van der Waals surface area contributed by atoms with Gasteiger partial charge >= 0.3 is 5.97 Å². The zero-order valence-electron chi connectivity index (χ0n) is 8.91. The molecule has 0 amide bonds. The number of ether oxygens (including phenoxy) is 1. The summed E-state index contributed by atoms with van der Waals surface area (Å²) >= 11 is 0. The number of nitrogens with zero attached hydrogens (tertiary/aromatic N) is 4. The third kappa shape index (κ3) is 1.74. The smallest absolute Gasteiger partial charge is 0.356 e. The van der Waals surface area contributed by atoms with Crippen molar-refractivity contribution in [3.8, 4) is 0 Å². The van der Waals surface area contributed by atoms with E-state index in [2.05, 4.69) is 15.2 Å². The summed E-state index contributed by atoms with van der Waals surface area (Å²) in [7, 11) is 0. The largest absolute Gasteiger partial charge is 0.476 e. The third-order valence-electron chi connectivity index (χ3n) is 2.78. The molecular formula is C10H10N4O3. The number of imidazole rings is 1. The Kier molecular flexibility index (Phi) is 2.25. The lowest BCUT2D eigenvalue weighted by Gasteiger charge is -2.26. The first-order chi connectivity index (χ1) is 8.24. The Morgan fingerprint density at radius 3 is 3.06 bits per heavy atom. The monoisotopic (exact) mass is 234 g/mol. The van der Waals surface area contributed by atoms with Crippen LogP contribution in [0.15, 0.2) is 12.4 Å². The van der Waals surface area contributed by atoms with E-state index in [0.717, 1.165) is 13.0 Å².